The average molecular weight is 434 g/mol. The summed E-state index contributed by atoms with van der Waals surface area (Å²) in [5, 5.41) is 9.61. The molecule has 32 heavy (non-hydrogen) atoms. The Morgan fingerprint density at radius 2 is 1.91 bits per heavy atom. The number of carbonyl (C=O) groups is 1. The van der Waals surface area contributed by atoms with Gasteiger partial charge in [0.2, 0.25) is 5.95 Å². The first kappa shape index (κ1) is 19.5. The number of nitrogens with one attached hydrogen (secondary N) is 3. The maximum Gasteiger partial charge on any atom is 0.287 e. The zero-order chi connectivity index (χ0) is 21.5. The Hall–Kier alpha value is -3.20. The predicted molar refractivity (Wildman–Crippen MR) is 122 cm³/mol. The average Bonchev–Trinajstić information content (AvgIpc) is 3.24. The number of carbonyl (C=O) groups excluding carboxylic acids is 1. The van der Waals surface area contributed by atoms with E-state index in [4.69, 9.17) is 9.40 Å². The van der Waals surface area contributed by atoms with Crippen molar-refractivity contribution in [2.45, 2.75) is 37.5 Å². The number of pyridine rings is 1. The lowest BCUT2D eigenvalue weighted by molar-refractivity contribution is 0.0882. The zero-order valence-corrected chi connectivity index (χ0v) is 18.0. The van der Waals surface area contributed by atoms with E-state index in [0.29, 0.717) is 29.7 Å². The highest BCUT2D eigenvalue weighted by Gasteiger charge is 2.44. The minimum atomic E-state index is -0.158. The number of rotatable bonds is 3. The molecule has 2 aliphatic heterocycles. The van der Waals surface area contributed by atoms with Crippen LogP contribution in [-0.4, -0.2) is 53.6 Å². The molecule has 1 spiro atoms. The number of furan rings is 1. The van der Waals surface area contributed by atoms with Gasteiger partial charge in [0.15, 0.2) is 11.3 Å². The minimum absolute atomic E-state index is 0.0957. The molecule has 9 nitrogen and oxygen atoms in total. The molecule has 5 heterocycles. The van der Waals surface area contributed by atoms with Crippen LogP contribution in [0.4, 0.5) is 17.5 Å². The van der Waals surface area contributed by atoms with Crippen molar-refractivity contribution in [3.8, 4) is 0 Å². The Bertz CT molecular complexity index is 1150. The highest BCUT2D eigenvalue weighted by molar-refractivity contribution is 6.00. The molecular weight excluding hydrogens is 406 g/mol. The number of fused-ring (bicyclic) bond motifs is 4. The van der Waals surface area contributed by atoms with E-state index in [9.17, 15) is 4.79 Å². The van der Waals surface area contributed by atoms with Gasteiger partial charge in [-0.2, -0.15) is 0 Å². The molecule has 3 N–H and O–H groups in total. The first-order valence-corrected chi connectivity index (χ1v) is 11.5. The third-order valence-electron chi connectivity index (χ3n) is 7.04. The molecule has 9 heteroatoms. The molecule has 0 aromatic carbocycles. The van der Waals surface area contributed by atoms with Gasteiger partial charge < -0.3 is 25.3 Å². The Morgan fingerprint density at radius 3 is 2.69 bits per heavy atom. The van der Waals surface area contributed by atoms with E-state index in [0.717, 1.165) is 68.6 Å². The van der Waals surface area contributed by atoms with Crippen molar-refractivity contribution >= 4 is 34.5 Å². The maximum atomic E-state index is 12.5. The van der Waals surface area contributed by atoms with Crippen molar-refractivity contribution in [3.05, 3.63) is 35.9 Å². The number of piperazine rings is 1. The zero-order valence-electron chi connectivity index (χ0n) is 18.0. The first-order chi connectivity index (χ1) is 15.7. The molecule has 1 amide bonds. The fourth-order valence-corrected chi connectivity index (χ4v) is 5.36. The molecule has 0 bridgehead atoms. The number of nitrogens with zero attached hydrogens (tertiary/aromatic N) is 4. The van der Waals surface area contributed by atoms with Crippen molar-refractivity contribution in [1.82, 2.24) is 25.6 Å². The summed E-state index contributed by atoms with van der Waals surface area (Å²) in [6, 6.07) is 4.02. The lowest BCUT2D eigenvalue weighted by atomic mass is 9.67. The summed E-state index contributed by atoms with van der Waals surface area (Å²) in [4.78, 5) is 28.6. The van der Waals surface area contributed by atoms with Gasteiger partial charge in [-0.1, -0.05) is 19.3 Å². The predicted octanol–water partition coefficient (Wildman–Crippen LogP) is 2.72. The van der Waals surface area contributed by atoms with Crippen LogP contribution in [0.5, 0.6) is 0 Å². The molecule has 166 valence electrons. The third kappa shape index (κ3) is 3.28. The van der Waals surface area contributed by atoms with Crippen LogP contribution in [0.3, 0.4) is 0 Å². The van der Waals surface area contributed by atoms with Gasteiger partial charge in [0.05, 0.1) is 18.1 Å². The second-order valence-electron chi connectivity index (χ2n) is 9.00. The van der Waals surface area contributed by atoms with Crippen molar-refractivity contribution in [1.29, 1.82) is 0 Å². The van der Waals surface area contributed by atoms with Crippen LogP contribution < -0.4 is 20.9 Å². The first-order valence-electron chi connectivity index (χ1n) is 11.5. The van der Waals surface area contributed by atoms with E-state index < -0.39 is 0 Å². The smallest absolute Gasteiger partial charge is 0.287 e. The quantitative estimate of drug-likeness (QED) is 0.579. The Balaban J connectivity index is 1.31. The van der Waals surface area contributed by atoms with Gasteiger partial charge in [-0.05, 0) is 25.0 Å². The lowest BCUT2D eigenvalue weighted by Crippen LogP contribution is -2.47. The molecule has 0 radical (unpaired) electrons. The monoisotopic (exact) mass is 433 g/mol. The van der Waals surface area contributed by atoms with E-state index in [2.05, 4.69) is 36.9 Å². The van der Waals surface area contributed by atoms with Gasteiger partial charge in [-0.3, -0.25) is 4.79 Å². The fourth-order valence-electron chi connectivity index (χ4n) is 5.36. The van der Waals surface area contributed by atoms with Gasteiger partial charge in [-0.25, -0.2) is 15.0 Å². The second kappa shape index (κ2) is 7.74. The van der Waals surface area contributed by atoms with Crippen molar-refractivity contribution < 1.29 is 9.21 Å². The van der Waals surface area contributed by atoms with Crippen LogP contribution in [0, 0.1) is 0 Å². The summed E-state index contributed by atoms with van der Waals surface area (Å²) in [5.41, 5.74) is 3.28. The summed E-state index contributed by atoms with van der Waals surface area (Å²) in [6.45, 7) is 4.59. The van der Waals surface area contributed by atoms with Gasteiger partial charge in [-0.15, -0.1) is 0 Å². The van der Waals surface area contributed by atoms with Crippen LogP contribution in [0.15, 0.2) is 28.9 Å². The number of hydrogen-bond donors (Lipinski definition) is 3. The van der Waals surface area contributed by atoms with Crippen LogP contribution in [0.2, 0.25) is 0 Å². The minimum Gasteiger partial charge on any atom is -0.447 e. The molecule has 1 aliphatic carbocycles. The number of amides is 1. The summed E-state index contributed by atoms with van der Waals surface area (Å²) in [5.74, 6) is 1.39. The highest BCUT2D eigenvalue weighted by atomic mass is 16.3. The van der Waals surface area contributed by atoms with E-state index >= 15 is 0 Å². The Kier molecular flexibility index (Phi) is 4.71. The van der Waals surface area contributed by atoms with Crippen LogP contribution in [0.25, 0.3) is 11.1 Å². The molecule has 0 unspecified atom stereocenters. The molecule has 1 saturated heterocycles. The van der Waals surface area contributed by atoms with Gasteiger partial charge in [0.1, 0.15) is 11.3 Å². The van der Waals surface area contributed by atoms with Crippen LogP contribution in [-0.2, 0) is 5.41 Å². The lowest BCUT2D eigenvalue weighted by Gasteiger charge is -2.39. The maximum absolute atomic E-state index is 12.5. The third-order valence-corrected chi connectivity index (χ3v) is 7.04. The number of anilines is 3. The van der Waals surface area contributed by atoms with Gasteiger partial charge in [0.25, 0.3) is 5.91 Å². The van der Waals surface area contributed by atoms with Crippen LogP contribution >= 0.6 is 0 Å². The van der Waals surface area contributed by atoms with Gasteiger partial charge >= 0.3 is 0 Å². The molecule has 3 aliphatic rings. The highest BCUT2D eigenvalue weighted by Crippen LogP contribution is 2.46. The summed E-state index contributed by atoms with van der Waals surface area (Å²) >= 11 is 0. The van der Waals surface area contributed by atoms with Crippen molar-refractivity contribution in [2.24, 2.45) is 0 Å². The second-order valence-corrected chi connectivity index (χ2v) is 9.00. The van der Waals surface area contributed by atoms with Crippen molar-refractivity contribution in [2.75, 3.05) is 42.9 Å². The molecule has 6 rings (SSSR count). The fraction of sp³-hybridized carbons (Fsp3) is 0.478. The topological polar surface area (TPSA) is 108 Å². The largest absolute Gasteiger partial charge is 0.447 e. The molecule has 0 atom stereocenters. The molecule has 3 aromatic rings. The Labute approximate surface area is 186 Å². The Morgan fingerprint density at radius 1 is 1.06 bits per heavy atom. The summed E-state index contributed by atoms with van der Waals surface area (Å²) < 4.78 is 5.93. The van der Waals surface area contributed by atoms with Crippen molar-refractivity contribution in [3.63, 3.8) is 0 Å². The molecule has 3 aromatic heterocycles. The number of hydrogen-bond acceptors (Lipinski definition) is 8. The SMILES string of the molecule is O=C1NCC2(CCCCC2)c2c1oc1cnc(Nc3ccc(N4CCNCC4)cn3)nc21. The molecule has 1 saturated carbocycles. The van der Waals surface area contributed by atoms with E-state index in [1.807, 2.05) is 12.3 Å². The van der Waals surface area contributed by atoms with Crippen LogP contribution in [0.1, 0.15) is 48.2 Å². The summed E-state index contributed by atoms with van der Waals surface area (Å²) in [6.07, 6.45) is 9.16. The van der Waals surface area contributed by atoms with Gasteiger partial charge in [0, 0.05) is 43.7 Å². The molecular formula is C23H27N7O2. The normalized spacial score (nSPS) is 20.2. The summed E-state index contributed by atoms with van der Waals surface area (Å²) in [7, 11) is 0. The van der Waals surface area contributed by atoms with E-state index in [1.54, 1.807) is 6.20 Å². The molecule has 2 fully saturated rings. The van der Waals surface area contributed by atoms with E-state index in [-0.39, 0.29) is 11.3 Å². The number of aromatic nitrogens is 3. The standard InChI is InChI=1S/C23H27N7O2/c31-21-20-18(23(14-27-21)6-2-1-3-7-23)19-16(32-20)13-26-22(29-19)28-17-5-4-15(12-25-17)30-10-8-24-9-11-30/h4-5,12-13,24H,1-3,6-11,14H2,(H,27,31)(H,25,26,28,29). The van der Waals surface area contributed by atoms with E-state index in [1.165, 1.54) is 6.42 Å².